The van der Waals surface area contributed by atoms with Crippen LogP contribution in [0, 0.1) is 11.8 Å². The maximum Gasteiger partial charge on any atom is 0.271 e. The summed E-state index contributed by atoms with van der Waals surface area (Å²) in [6, 6.07) is 6.19. The van der Waals surface area contributed by atoms with Gasteiger partial charge in [-0.05, 0) is 49.8 Å². The first-order valence-electron chi connectivity index (χ1n) is 8.69. The predicted molar refractivity (Wildman–Crippen MR) is 94.7 cm³/mol. The molecule has 1 heterocycles. The van der Waals surface area contributed by atoms with E-state index in [2.05, 4.69) is 22.7 Å². The SMILES string of the molecule is O=C(N/N=C1/C[C@H]2C=CC[C@H]12)c1cccc(S(=O)(=O)N2CCCC2)c1. The highest BCUT2D eigenvalue weighted by Crippen LogP contribution is 2.40. The topological polar surface area (TPSA) is 78.8 Å². The Morgan fingerprint density at radius 3 is 2.80 bits per heavy atom. The Morgan fingerprint density at radius 1 is 1.24 bits per heavy atom. The molecule has 0 radical (unpaired) electrons. The normalized spacial score (nSPS) is 27.3. The number of rotatable bonds is 4. The van der Waals surface area contributed by atoms with Crippen LogP contribution in [0.25, 0.3) is 0 Å². The molecule has 4 rings (SSSR count). The molecule has 3 aliphatic rings. The van der Waals surface area contributed by atoms with Crippen LogP contribution in [0.3, 0.4) is 0 Å². The molecule has 6 nitrogen and oxygen atoms in total. The van der Waals surface area contributed by atoms with E-state index in [1.165, 1.54) is 16.4 Å². The summed E-state index contributed by atoms with van der Waals surface area (Å²) in [6.07, 6.45) is 8.01. The largest absolute Gasteiger partial charge is 0.271 e. The van der Waals surface area contributed by atoms with Crippen molar-refractivity contribution in [2.75, 3.05) is 13.1 Å². The quantitative estimate of drug-likeness (QED) is 0.661. The highest BCUT2D eigenvalue weighted by molar-refractivity contribution is 7.89. The third-order valence-electron chi connectivity index (χ3n) is 5.26. The van der Waals surface area contributed by atoms with Gasteiger partial charge in [-0.2, -0.15) is 9.41 Å². The number of carbonyl (C=O) groups is 1. The minimum atomic E-state index is -3.52. The molecule has 1 saturated carbocycles. The zero-order valence-electron chi connectivity index (χ0n) is 13.9. The number of hydrazone groups is 1. The summed E-state index contributed by atoms with van der Waals surface area (Å²) in [4.78, 5) is 12.5. The molecule has 0 aromatic heterocycles. The molecule has 1 aliphatic heterocycles. The highest BCUT2D eigenvalue weighted by atomic mass is 32.2. The van der Waals surface area contributed by atoms with Crippen LogP contribution in [0.4, 0.5) is 0 Å². The van der Waals surface area contributed by atoms with Crippen LogP contribution >= 0.6 is 0 Å². The molecule has 7 heteroatoms. The van der Waals surface area contributed by atoms with Crippen LogP contribution in [-0.2, 0) is 10.0 Å². The van der Waals surface area contributed by atoms with Crippen molar-refractivity contribution in [2.45, 2.75) is 30.6 Å². The first-order valence-corrected chi connectivity index (χ1v) is 10.1. The van der Waals surface area contributed by atoms with Crippen LogP contribution in [0.5, 0.6) is 0 Å². The van der Waals surface area contributed by atoms with Crippen LogP contribution in [0.15, 0.2) is 46.4 Å². The minimum Gasteiger partial charge on any atom is -0.267 e. The van der Waals surface area contributed by atoms with Crippen molar-refractivity contribution in [3.63, 3.8) is 0 Å². The van der Waals surface area contributed by atoms with E-state index >= 15 is 0 Å². The van der Waals surface area contributed by atoms with Gasteiger partial charge in [0.25, 0.3) is 5.91 Å². The second-order valence-electron chi connectivity index (χ2n) is 6.82. The predicted octanol–water partition coefficient (Wildman–Crippen LogP) is 2.15. The summed E-state index contributed by atoms with van der Waals surface area (Å²) in [5, 5.41) is 4.23. The number of allylic oxidation sites excluding steroid dienone is 2. The lowest BCUT2D eigenvalue weighted by Crippen LogP contribution is -2.35. The molecule has 2 atom stereocenters. The average Bonchev–Trinajstić information content (AvgIpc) is 3.26. The molecular weight excluding hydrogens is 338 g/mol. The Kier molecular flexibility index (Phi) is 4.21. The van der Waals surface area contributed by atoms with Crippen molar-refractivity contribution in [3.05, 3.63) is 42.0 Å². The second-order valence-corrected chi connectivity index (χ2v) is 8.76. The summed E-state index contributed by atoms with van der Waals surface area (Å²) in [7, 11) is -3.52. The zero-order valence-corrected chi connectivity index (χ0v) is 14.7. The zero-order chi connectivity index (χ0) is 17.4. The van der Waals surface area contributed by atoms with Crippen LogP contribution in [0.1, 0.15) is 36.0 Å². The highest BCUT2D eigenvalue weighted by Gasteiger charge is 2.38. The minimum absolute atomic E-state index is 0.165. The lowest BCUT2D eigenvalue weighted by atomic mass is 9.74. The number of carbonyl (C=O) groups excluding carboxylic acids is 1. The molecule has 132 valence electrons. The van der Waals surface area contributed by atoms with Crippen LogP contribution in [0.2, 0.25) is 0 Å². The molecule has 1 N–H and O–H groups in total. The number of amides is 1. The number of hydrogen-bond acceptors (Lipinski definition) is 4. The van der Waals surface area contributed by atoms with Crippen LogP contribution in [-0.4, -0.2) is 37.4 Å². The van der Waals surface area contributed by atoms with E-state index in [-0.39, 0.29) is 10.8 Å². The van der Waals surface area contributed by atoms with E-state index in [1.807, 2.05) is 0 Å². The molecule has 1 saturated heterocycles. The third-order valence-corrected chi connectivity index (χ3v) is 7.16. The maximum absolute atomic E-state index is 12.6. The first kappa shape index (κ1) is 16.5. The molecule has 1 amide bonds. The number of benzene rings is 1. The van der Waals surface area contributed by atoms with Crippen molar-refractivity contribution in [1.82, 2.24) is 9.73 Å². The van der Waals surface area contributed by atoms with E-state index in [0.29, 0.717) is 30.5 Å². The van der Waals surface area contributed by atoms with Crippen LogP contribution < -0.4 is 5.43 Å². The Labute approximate surface area is 147 Å². The number of nitrogens with one attached hydrogen (secondary N) is 1. The maximum atomic E-state index is 12.6. The number of fused-ring (bicyclic) bond motifs is 1. The Bertz CT molecular complexity index is 854. The van der Waals surface area contributed by atoms with Gasteiger partial charge in [0.15, 0.2) is 0 Å². The van der Waals surface area contributed by atoms with Gasteiger partial charge in [-0.3, -0.25) is 4.79 Å². The fourth-order valence-electron chi connectivity index (χ4n) is 3.73. The van der Waals surface area contributed by atoms with E-state index in [1.54, 1.807) is 12.1 Å². The average molecular weight is 359 g/mol. The number of nitrogens with zero attached hydrogens (tertiary/aromatic N) is 2. The molecule has 25 heavy (non-hydrogen) atoms. The molecular formula is C18H21N3O3S. The summed E-state index contributed by atoms with van der Waals surface area (Å²) in [5.74, 6) is 0.632. The molecule has 2 aliphatic carbocycles. The second kappa shape index (κ2) is 6.38. The van der Waals surface area contributed by atoms with Gasteiger partial charge < -0.3 is 0 Å². The summed E-state index contributed by atoms with van der Waals surface area (Å²) in [6.45, 7) is 1.09. The number of hydrogen-bond donors (Lipinski definition) is 1. The van der Waals surface area contributed by atoms with E-state index in [9.17, 15) is 13.2 Å². The fourth-order valence-corrected chi connectivity index (χ4v) is 5.29. The van der Waals surface area contributed by atoms with E-state index < -0.39 is 10.0 Å². The Morgan fingerprint density at radius 2 is 2.04 bits per heavy atom. The first-order chi connectivity index (χ1) is 12.1. The van der Waals surface area contributed by atoms with Gasteiger partial charge in [-0.1, -0.05) is 18.2 Å². The van der Waals surface area contributed by atoms with Gasteiger partial charge in [0, 0.05) is 30.3 Å². The van der Waals surface area contributed by atoms with E-state index in [0.717, 1.165) is 31.4 Å². The molecule has 1 aromatic rings. The van der Waals surface area contributed by atoms with Crippen molar-refractivity contribution < 1.29 is 13.2 Å². The molecule has 0 spiro atoms. The molecule has 2 fully saturated rings. The van der Waals surface area contributed by atoms with Gasteiger partial charge in [-0.15, -0.1) is 0 Å². The summed E-state index contributed by atoms with van der Waals surface area (Å²) in [5.41, 5.74) is 3.90. The van der Waals surface area contributed by atoms with Crippen molar-refractivity contribution in [2.24, 2.45) is 16.9 Å². The Balaban J connectivity index is 1.47. The van der Waals surface area contributed by atoms with Crippen molar-refractivity contribution in [1.29, 1.82) is 0 Å². The fraction of sp³-hybridized carbons (Fsp3) is 0.444. The van der Waals surface area contributed by atoms with Crippen molar-refractivity contribution >= 4 is 21.6 Å². The van der Waals surface area contributed by atoms with Gasteiger partial charge in [0.1, 0.15) is 0 Å². The smallest absolute Gasteiger partial charge is 0.267 e. The van der Waals surface area contributed by atoms with Gasteiger partial charge in [-0.25, -0.2) is 13.8 Å². The van der Waals surface area contributed by atoms with Crippen molar-refractivity contribution in [3.8, 4) is 0 Å². The van der Waals surface area contributed by atoms with Gasteiger partial charge in [0.05, 0.1) is 4.90 Å². The summed E-state index contributed by atoms with van der Waals surface area (Å²) < 4.78 is 26.7. The lowest BCUT2D eigenvalue weighted by Gasteiger charge is -2.31. The lowest BCUT2D eigenvalue weighted by molar-refractivity contribution is 0.0953. The summed E-state index contributed by atoms with van der Waals surface area (Å²) >= 11 is 0. The standard InChI is InChI=1S/C18H21N3O3S/c22-18(20-19-17-12-13-5-4-8-16(13)17)14-6-3-7-15(11-14)25(23,24)21-9-1-2-10-21/h3-7,11,13,16H,1-2,8-10,12H2,(H,20,22)/b19-17-/t13-,16+/m1/s1. The Hall–Kier alpha value is -1.99. The monoisotopic (exact) mass is 359 g/mol. The molecule has 0 bridgehead atoms. The van der Waals surface area contributed by atoms with Gasteiger partial charge in [0.2, 0.25) is 10.0 Å². The molecule has 0 unspecified atom stereocenters. The molecule has 1 aromatic carbocycles. The van der Waals surface area contributed by atoms with Gasteiger partial charge >= 0.3 is 0 Å². The van der Waals surface area contributed by atoms with E-state index in [4.69, 9.17) is 0 Å². The third kappa shape index (κ3) is 3.02. The number of sulfonamides is 1.